The lowest BCUT2D eigenvalue weighted by molar-refractivity contribution is 0.825. The zero-order chi connectivity index (χ0) is 6.57. The van der Waals surface area contributed by atoms with Crippen molar-refractivity contribution in [3.63, 3.8) is 0 Å². The Labute approximate surface area is 49.9 Å². The number of rotatable bonds is 3. The second kappa shape index (κ2) is 3.36. The fraction of sp³-hybridized carbons (Fsp3) is 0.667. The highest BCUT2D eigenvalue weighted by Crippen LogP contribution is 1.96. The van der Waals surface area contributed by atoms with Gasteiger partial charge in [-0.25, -0.2) is 0 Å². The van der Waals surface area contributed by atoms with Crippen molar-refractivity contribution in [2.45, 2.75) is 20.3 Å². The Morgan fingerprint density at radius 1 is 1.75 bits per heavy atom. The Morgan fingerprint density at radius 3 is 2.38 bits per heavy atom. The van der Waals surface area contributed by atoms with Crippen molar-refractivity contribution in [1.82, 2.24) is 0 Å². The molecule has 2 N–H and O–H groups in total. The first-order chi connectivity index (χ1) is 3.66. The van der Waals surface area contributed by atoms with Crippen LogP contribution in [0.15, 0.2) is 0 Å². The molecule has 0 saturated carbocycles. The van der Waals surface area contributed by atoms with E-state index in [1.807, 2.05) is 6.92 Å². The molecule has 0 amide bonds. The van der Waals surface area contributed by atoms with Gasteiger partial charge in [0.05, 0.1) is 0 Å². The van der Waals surface area contributed by atoms with E-state index in [2.05, 4.69) is 0 Å². The molecule has 1 atom stereocenters. The van der Waals surface area contributed by atoms with Gasteiger partial charge in [-0.05, 0) is 25.5 Å². The highest BCUT2D eigenvalue weighted by molar-refractivity contribution is 5.81. The van der Waals surface area contributed by atoms with Crippen molar-refractivity contribution in [1.29, 1.82) is 10.8 Å². The van der Waals surface area contributed by atoms with Gasteiger partial charge in [0.1, 0.15) is 0 Å². The first-order valence-corrected chi connectivity index (χ1v) is 2.71. The van der Waals surface area contributed by atoms with Crippen LogP contribution in [-0.2, 0) is 0 Å². The van der Waals surface area contributed by atoms with Crippen LogP contribution >= 0.6 is 0 Å². The van der Waals surface area contributed by atoms with E-state index >= 15 is 0 Å². The van der Waals surface area contributed by atoms with E-state index in [4.69, 9.17) is 10.8 Å². The summed E-state index contributed by atoms with van der Waals surface area (Å²) in [6.07, 6.45) is 2.10. The topological polar surface area (TPSA) is 47.7 Å². The van der Waals surface area contributed by atoms with Gasteiger partial charge in [0.15, 0.2) is 0 Å². The normalized spacial score (nSPS) is 12.8. The lowest BCUT2D eigenvalue weighted by Crippen LogP contribution is -2.00. The summed E-state index contributed by atoms with van der Waals surface area (Å²) >= 11 is 0. The van der Waals surface area contributed by atoms with Crippen LogP contribution in [0.3, 0.4) is 0 Å². The highest BCUT2D eigenvalue weighted by atomic mass is 14.4. The molecule has 0 saturated heterocycles. The van der Waals surface area contributed by atoms with Crippen LogP contribution in [0.1, 0.15) is 20.3 Å². The maximum atomic E-state index is 7.02. The van der Waals surface area contributed by atoms with Gasteiger partial charge in [-0.1, -0.05) is 6.92 Å². The summed E-state index contributed by atoms with van der Waals surface area (Å²) in [5.74, 6) is 0.243. The van der Waals surface area contributed by atoms with Crippen LogP contribution in [0.5, 0.6) is 0 Å². The standard InChI is InChI=1S/C6H12N2/c1-5(4-7)3-6(2)8/h4-5,7-8H,3H2,1-2H3. The Balaban J connectivity index is 3.38. The second-order valence-electron chi connectivity index (χ2n) is 2.13. The van der Waals surface area contributed by atoms with Crippen molar-refractivity contribution in [2.24, 2.45) is 5.92 Å². The minimum Gasteiger partial charge on any atom is -0.313 e. The third kappa shape index (κ3) is 3.53. The number of hydrogen-bond acceptors (Lipinski definition) is 2. The minimum absolute atomic E-state index is 0.243. The molecule has 0 aromatic heterocycles. The second-order valence-corrected chi connectivity index (χ2v) is 2.13. The molecular weight excluding hydrogens is 100 g/mol. The predicted octanol–water partition coefficient (Wildman–Crippen LogP) is 1.70. The van der Waals surface area contributed by atoms with E-state index in [0.717, 1.165) is 6.42 Å². The maximum Gasteiger partial charge on any atom is 0.00645 e. The van der Waals surface area contributed by atoms with E-state index in [1.165, 1.54) is 6.21 Å². The molecule has 1 unspecified atom stereocenters. The summed E-state index contributed by atoms with van der Waals surface area (Å²) < 4.78 is 0. The van der Waals surface area contributed by atoms with Gasteiger partial charge >= 0.3 is 0 Å². The molecule has 0 bridgehead atoms. The van der Waals surface area contributed by atoms with E-state index in [-0.39, 0.29) is 5.92 Å². The van der Waals surface area contributed by atoms with Crippen molar-refractivity contribution in [3.05, 3.63) is 0 Å². The summed E-state index contributed by atoms with van der Waals surface area (Å²) in [5.41, 5.74) is 0.654. The summed E-state index contributed by atoms with van der Waals surface area (Å²) in [4.78, 5) is 0. The average Bonchev–Trinajstić information content (AvgIpc) is 1.65. The van der Waals surface area contributed by atoms with Crippen molar-refractivity contribution >= 4 is 11.9 Å². The Bertz CT molecular complexity index is 96.7. The first-order valence-electron chi connectivity index (χ1n) is 2.71. The quantitative estimate of drug-likeness (QED) is 0.522. The molecular formula is C6H12N2. The Kier molecular flexibility index (Phi) is 3.08. The van der Waals surface area contributed by atoms with E-state index in [0.29, 0.717) is 5.71 Å². The largest absolute Gasteiger partial charge is 0.313 e. The number of nitrogens with one attached hydrogen (secondary N) is 2. The van der Waals surface area contributed by atoms with Crippen LogP contribution in [0.4, 0.5) is 0 Å². The molecule has 0 aliphatic carbocycles. The third-order valence-corrected chi connectivity index (χ3v) is 0.913. The van der Waals surface area contributed by atoms with Gasteiger partial charge < -0.3 is 10.8 Å². The molecule has 0 fully saturated rings. The molecule has 8 heavy (non-hydrogen) atoms. The molecule has 0 heterocycles. The summed E-state index contributed by atoms with van der Waals surface area (Å²) in [6.45, 7) is 3.70. The van der Waals surface area contributed by atoms with Crippen molar-refractivity contribution in [3.8, 4) is 0 Å². The van der Waals surface area contributed by atoms with Crippen LogP contribution < -0.4 is 0 Å². The summed E-state index contributed by atoms with van der Waals surface area (Å²) in [5, 5.41) is 13.8. The molecule has 0 spiro atoms. The van der Waals surface area contributed by atoms with Gasteiger partial charge in [-0.15, -0.1) is 0 Å². The van der Waals surface area contributed by atoms with Crippen LogP contribution in [-0.4, -0.2) is 11.9 Å². The summed E-state index contributed by atoms with van der Waals surface area (Å²) in [6, 6.07) is 0. The first kappa shape index (κ1) is 7.34. The zero-order valence-electron chi connectivity index (χ0n) is 5.36. The van der Waals surface area contributed by atoms with E-state index < -0.39 is 0 Å². The fourth-order valence-electron chi connectivity index (χ4n) is 0.542. The smallest absolute Gasteiger partial charge is 0.00645 e. The molecule has 0 aromatic carbocycles. The van der Waals surface area contributed by atoms with Crippen molar-refractivity contribution < 1.29 is 0 Å². The maximum absolute atomic E-state index is 7.02. The van der Waals surface area contributed by atoms with Crippen LogP contribution in [0.2, 0.25) is 0 Å². The average molecular weight is 112 g/mol. The molecule has 0 aliphatic rings. The lowest BCUT2D eigenvalue weighted by Gasteiger charge is -1.99. The van der Waals surface area contributed by atoms with E-state index in [1.54, 1.807) is 6.92 Å². The molecule has 0 aromatic rings. The van der Waals surface area contributed by atoms with Gasteiger partial charge in [0.2, 0.25) is 0 Å². The zero-order valence-corrected chi connectivity index (χ0v) is 5.36. The van der Waals surface area contributed by atoms with Gasteiger partial charge in [-0.3, -0.25) is 0 Å². The van der Waals surface area contributed by atoms with Crippen LogP contribution in [0, 0.1) is 16.7 Å². The predicted molar refractivity (Wildman–Crippen MR) is 36.0 cm³/mol. The van der Waals surface area contributed by atoms with Gasteiger partial charge in [0, 0.05) is 5.71 Å². The highest BCUT2D eigenvalue weighted by Gasteiger charge is 1.95. The van der Waals surface area contributed by atoms with Gasteiger partial charge in [-0.2, -0.15) is 0 Å². The number of hydrogen-bond donors (Lipinski definition) is 2. The monoisotopic (exact) mass is 112 g/mol. The Hall–Kier alpha value is -0.660. The molecule has 2 nitrogen and oxygen atoms in total. The third-order valence-electron chi connectivity index (χ3n) is 0.913. The summed E-state index contributed by atoms with van der Waals surface area (Å²) in [7, 11) is 0. The molecule has 2 heteroatoms. The van der Waals surface area contributed by atoms with Gasteiger partial charge in [0.25, 0.3) is 0 Å². The molecule has 0 rings (SSSR count). The van der Waals surface area contributed by atoms with E-state index in [9.17, 15) is 0 Å². The molecule has 46 valence electrons. The Morgan fingerprint density at radius 2 is 2.25 bits per heavy atom. The lowest BCUT2D eigenvalue weighted by atomic mass is 10.1. The van der Waals surface area contributed by atoms with Crippen LogP contribution in [0.25, 0.3) is 0 Å². The molecule has 0 aliphatic heterocycles. The minimum atomic E-state index is 0.243. The molecule has 0 radical (unpaired) electrons. The van der Waals surface area contributed by atoms with Crippen molar-refractivity contribution in [2.75, 3.05) is 0 Å². The SMILES string of the molecule is CC(=N)CC(C)C=N. The fourth-order valence-corrected chi connectivity index (χ4v) is 0.542.